The van der Waals surface area contributed by atoms with E-state index in [1.165, 1.54) is 6.07 Å². The molecule has 0 aromatic heterocycles. The number of carbonyl (C=O) groups excluding carboxylic acids is 2. The Kier molecular flexibility index (Phi) is 5.77. The van der Waals surface area contributed by atoms with Gasteiger partial charge < -0.3 is 24.8 Å². The Bertz CT molecular complexity index is 796. The first-order chi connectivity index (χ1) is 14.3. The maximum Gasteiger partial charge on any atom is 0.393 e. The molecule has 0 radical (unpaired) electrons. The Morgan fingerprint density at radius 2 is 1.90 bits per heavy atom. The fourth-order valence-electron chi connectivity index (χ4n) is 4.32. The first-order valence-electron chi connectivity index (χ1n) is 10.1. The molecule has 30 heavy (non-hydrogen) atoms. The third-order valence-corrected chi connectivity index (χ3v) is 5.83. The number of carbonyl (C=O) groups is 2. The predicted octanol–water partition coefficient (Wildman–Crippen LogP) is 1.62. The lowest BCUT2D eigenvalue weighted by atomic mass is 10.0. The van der Waals surface area contributed by atoms with Crippen LogP contribution < -0.4 is 10.2 Å². The van der Waals surface area contributed by atoms with Gasteiger partial charge in [0.25, 0.3) is 0 Å². The highest BCUT2D eigenvalue weighted by Gasteiger charge is 2.38. The van der Waals surface area contributed by atoms with Crippen LogP contribution >= 0.6 is 0 Å². The number of hydrogen-bond donors (Lipinski definition) is 1. The summed E-state index contributed by atoms with van der Waals surface area (Å²) in [5.74, 6) is -0.160. The molecule has 0 aliphatic carbocycles. The minimum Gasteiger partial charge on any atom is -0.368 e. The van der Waals surface area contributed by atoms with Crippen molar-refractivity contribution in [2.24, 2.45) is 0 Å². The second kappa shape index (κ2) is 8.33. The highest BCUT2D eigenvalue weighted by molar-refractivity contribution is 5.79. The third kappa shape index (κ3) is 4.80. The van der Waals surface area contributed by atoms with Gasteiger partial charge in [0.15, 0.2) is 0 Å². The van der Waals surface area contributed by atoms with Crippen LogP contribution in [0.1, 0.15) is 12.0 Å². The highest BCUT2D eigenvalue weighted by atomic mass is 19.4. The number of ether oxygens (including phenoxy) is 1. The van der Waals surface area contributed by atoms with Crippen LogP contribution in [-0.4, -0.2) is 85.9 Å². The molecule has 2 unspecified atom stereocenters. The van der Waals surface area contributed by atoms with Crippen molar-refractivity contribution in [2.45, 2.75) is 31.2 Å². The monoisotopic (exact) mass is 426 g/mol. The summed E-state index contributed by atoms with van der Waals surface area (Å²) in [5, 5.41) is 2.89. The molecule has 10 heteroatoms. The summed E-state index contributed by atoms with van der Waals surface area (Å²) < 4.78 is 43.5. The van der Waals surface area contributed by atoms with E-state index in [0.717, 1.165) is 5.69 Å². The SMILES string of the molecule is O=C1COC2CCN(C(=O)N3CCN(c4cccc(CC(F)(F)F)c4)CC3)CC2N1. The number of nitrogens with zero attached hydrogens (tertiary/aromatic N) is 3. The van der Waals surface area contributed by atoms with Gasteiger partial charge in [0.2, 0.25) is 5.91 Å². The summed E-state index contributed by atoms with van der Waals surface area (Å²) >= 11 is 0. The van der Waals surface area contributed by atoms with Crippen molar-refractivity contribution in [3.8, 4) is 0 Å². The first kappa shape index (κ1) is 20.8. The van der Waals surface area contributed by atoms with Crippen LogP contribution in [0, 0.1) is 0 Å². The Balaban J connectivity index is 1.32. The lowest BCUT2D eigenvalue weighted by molar-refractivity contribution is -0.139. The largest absolute Gasteiger partial charge is 0.393 e. The smallest absolute Gasteiger partial charge is 0.368 e. The maximum absolute atomic E-state index is 12.9. The molecule has 3 aliphatic rings. The number of piperidine rings is 1. The van der Waals surface area contributed by atoms with Gasteiger partial charge >= 0.3 is 12.2 Å². The summed E-state index contributed by atoms with van der Waals surface area (Å²) in [7, 11) is 0. The van der Waals surface area contributed by atoms with Crippen LogP contribution in [0.5, 0.6) is 0 Å². The van der Waals surface area contributed by atoms with Gasteiger partial charge in [-0.25, -0.2) is 4.79 Å². The molecule has 4 rings (SSSR count). The number of likely N-dealkylation sites (tertiary alicyclic amines) is 1. The molecule has 3 saturated heterocycles. The second-order valence-corrected chi connectivity index (χ2v) is 7.98. The van der Waals surface area contributed by atoms with E-state index in [0.29, 0.717) is 45.7 Å². The number of anilines is 1. The number of rotatable bonds is 2. The topological polar surface area (TPSA) is 65.1 Å². The van der Waals surface area contributed by atoms with Crippen LogP contribution in [0.2, 0.25) is 0 Å². The van der Waals surface area contributed by atoms with Gasteiger partial charge in [0, 0.05) is 45.0 Å². The van der Waals surface area contributed by atoms with Crippen molar-refractivity contribution < 1.29 is 27.5 Å². The van der Waals surface area contributed by atoms with E-state index in [1.807, 2.05) is 4.90 Å². The molecule has 3 heterocycles. The third-order valence-electron chi connectivity index (χ3n) is 5.83. The molecule has 7 nitrogen and oxygen atoms in total. The van der Waals surface area contributed by atoms with Gasteiger partial charge in [-0.1, -0.05) is 12.1 Å². The van der Waals surface area contributed by atoms with Crippen LogP contribution in [0.4, 0.5) is 23.7 Å². The molecule has 1 N–H and O–H groups in total. The summed E-state index contributed by atoms with van der Waals surface area (Å²) in [6.45, 7) is 3.18. The number of nitrogens with one attached hydrogen (secondary N) is 1. The quantitative estimate of drug-likeness (QED) is 0.781. The van der Waals surface area contributed by atoms with Gasteiger partial charge in [0.05, 0.1) is 18.6 Å². The molecule has 2 atom stereocenters. The normalized spacial score (nSPS) is 25.0. The van der Waals surface area contributed by atoms with E-state index < -0.39 is 12.6 Å². The molecule has 3 aliphatic heterocycles. The lowest BCUT2D eigenvalue weighted by Gasteiger charge is -2.44. The molecule has 0 bridgehead atoms. The number of piperazine rings is 1. The summed E-state index contributed by atoms with van der Waals surface area (Å²) in [5.41, 5.74) is 0.977. The Labute approximate surface area is 172 Å². The minimum atomic E-state index is -4.24. The number of morpholine rings is 1. The zero-order valence-electron chi connectivity index (χ0n) is 16.5. The average Bonchev–Trinajstić information content (AvgIpc) is 2.72. The van der Waals surface area contributed by atoms with Gasteiger partial charge in [-0.15, -0.1) is 0 Å². The van der Waals surface area contributed by atoms with Crippen molar-refractivity contribution in [2.75, 3.05) is 50.8 Å². The number of hydrogen-bond acceptors (Lipinski definition) is 4. The van der Waals surface area contributed by atoms with Crippen LogP contribution in [0.15, 0.2) is 24.3 Å². The van der Waals surface area contributed by atoms with Crippen molar-refractivity contribution in [3.05, 3.63) is 29.8 Å². The number of fused-ring (bicyclic) bond motifs is 1. The summed E-state index contributed by atoms with van der Waals surface area (Å²) in [4.78, 5) is 30.0. The first-order valence-corrected chi connectivity index (χ1v) is 10.1. The highest BCUT2D eigenvalue weighted by Crippen LogP contribution is 2.25. The van der Waals surface area contributed by atoms with E-state index in [1.54, 1.807) is 28.0 Å². The number of amides is 3. The summed E-state index contributed by atoms with van der Waals surface area (Å²) in [6.07, 6.45) is -4.55. The average molecular weight is 426 g/mol. The summed E-state index contributed by atoms with van der Waals surface area (Å²) in [6, 6.07) is 6.24. The van der Waals surface area contributed by atoms with Crippen LogP contribution in [0.25, 0.3) is 0 Å². The fraction of sp³-hybridized carbons (Fsp3) is 0.600. The predicted molar refractivity (Wildman–Crippen MR) is 103 cm³/mol. The number of benzene rings is 1. The number of halogens is 3. The van der Waals surface area contributed by atoms with E-state index in [-0.39, 0.29) is 36.3 Å². The molecule has 1 aromatic rings. The van der Waals surface area contributed by atoms with Crippen molar-refractivity contribution in [1.82, 2.24) is 15.1 Å². The van der Waals surface area contributed by atoms with Crippen LogP contribution in [0.3, 0.4) is 0 Å². The van der Waals surface area contributed by atoms with E-state index in [2.05, 4.69) is 5.32 Å². The molecular formula is C20H25F3N4O3. The van der Waals surface area contributed by atoms with Gasteiger partial charge in [-0.2, -0.15) is 13.2 Å². The number of urea groups is 1. The second-order valence-electron chi connectivity index (χ2n) is 7.98. The van der Waals surface area contributed by atoms with Gasteiger partial charge in [-0.05, 0) is 24.1 Å². The molecule has 0 spiro atoms. The van der Waals surface area contributed by atoms with Crippen molar-refractivity contribution in [3.63, 3.8) is 0 Å². The minimum absolute atomic E-state index is 0.0485. The molecule has 3 fully saturated rings. The zero-order valence-corrected chi connectivity index (χ0v) is 16.5. The van der Waals surface area contributed by atoms with E-state index in [9.17, 15) is 22.8 Å². The standard InChI is InChI=1S/C20H25F3N4O3/c21-20(22,23)11-14-2-1-3-15(10-14)25-6-8-26(9-7-25)19(29)27-5-4-17-16(12-27)24-18(28)13-30-17/h1-3,10,16-17H,4-9,11-13H2,(H,24,28). The van der Waals surface area contributed by atoms with Gasteiger partial charge in [0.1, 0.15) is 6.61 Å². The Hall–Kier alpha value is -2.49. The van der Waals surface area contributed by atoms with Crippen LogP contribution in [-0.2, 0) is 16.0 Å². The zero-order chi connectivity index (χ0) is 21.3. The fourth-order valence-corrected chi connectivity index (χ4v) is 4.32. The number of alkyl halides is 3. The Morgan fingerprint density at radius 3 is 2.63 bits per heavy atom. The van der Waals surface area contributed by atoms with E-state index in [4.69, 9.17) is 4.74 Å². The molecule has 164 valence electrons. The maximum atomic E-state index is 12.9. The molecular weight excluding hydrogens is 401 g/mol. The Morgan fingerprint density at radius 1 is 1.13 bits per heavy atom. The molecule has 3 amide bonds. The van der Waals surface area contributed by atoms with Gasteiger partial charge in [-0.3, -0.25) is 4.79 Å². The van der Waals surface area contributed by atoms with Crippen molar-refractivity contribution >= 4 is 17.6 Å². The van der Waals surface area contributed by atoms with E-state index >= 15 is 0 Å². The van der Waals surface area contributed by atoms with Crippen molar-refractivity contribution in [1.29, 1.82) is 0 Å². The lowest BCUT2D eigenvalue weighted by Crippen LogP contribution is -2.63. The molecule has 0 saturated carbocycles. The molecule has 1 aromatic carbocycles.